The molecule has 2 aliphatic heterocycles. The van der Waals surface area contributed by atoms with Crippen molar-refractivity contribution in [3.8, 4) is 5.75 Å². The number of ether oxygens (including phenoxy) is 2. The number of rotatable bonds is 5. The molecule has 0 aromatic heterocycles. The second kappa shape index (κ2) is 8.63. The van der Waals surface area contributed by atoms with Gasteiger partial charge in [0.05, 0.1) is 0 Å². The number of carbonyl (C=O) groups is 1. The zero-order valence-electron chi connectivity index (χ0n) is 16.5. The second-order valence-electron chi connectivity index (χ2n) is 8.09. The maximum Gasteiger partial charge on any atom is 0.407 e. The first-order valence-electron chi connectivity index (χ1n) is 9.56. The van der Waals surface area contributed by atoms with Crippen LogP contribution >= 0.6 is 10.7 Å². The van der Waals surface area contributed by atoms with E-state index in [2.05, 4.69) is 32.9 Å². The minimum Gasteiger partial charge on any atom is -0.488 e. The lowest BCUT2D eigenvalue weighted by molar-refractivity contribution is 0.0490. The van der Waals surface area contributed by atoms with Crippen molar-refractivity contribution in [1.82, 2.24) is 14.9 Å². The maximum atomic E-state index is 11.9. The molecule has 2 aliphatic rings. The van der Waals surface area contributed by atoms with Gasteiger partial charge in [-0.25, -0.2) is 4.79 Å². The summed E-state index contributed by atoms with van der Waals surface area (Å²) in [7, 11) is -0.229. The Kier molecular flexibility index (Phi) is 6.44. The summed E-state index contributed by atoms with van der Waals surface area (Å²) in [6.45, 7) is 9.28. The van der Waals surface area contributed by atoms with E-state index >= 15 is 0 Å². The molecule has 2 saturated heterocycles. The first-order chi connectivity index (χ1) is 12.8. The summed E-state index contributed by atoms with van der Waals surface area (Å²) in [6.07, 6.45) is 1.76. The summed E-state index contributed by atoms with van der Waals surface area (Å²) in [4.78, 5) is 13.1. The van der Waals surface area contributed by atoms with E-state index in [9.17, 15) is 4.79 Å². The largest absolute Gasteiger partial charge is 0.488 e. The van der Waals surface area contributed by atoms with Crippen LogP contribution in [0.2, 0.25) is 0 Å². The Morgan fingerprint density at radius 3 is 2.59 bits per heavy atom. The van der Waals surface area contributed by atoms with Gasteiger partial charge in [0.2, 0.25) is 0 Å². The van der Waals surface area contributed by atoms with Crippen molar-refractivity contribution in [2.24, 2.45) is 0 Å². The van der Waals surface area contributed by atoms with Crippen LogP contribution in [0.25, 0.3) is 0 Å². The number of hydrogen-bond donors (Lipinski definition) is 2. The normalized spacial score (nSPS) is 20.6. The van der Waals surface area contributed by atoms with Crippen LogP contribution in [-0.4, -0.2) is 60.2 Å². The third kappa shape index (κ3) is 5.96. The van der Waals surface area contributed by atoms with Gasteiger partial charge in [0.15, 0.2) is 0 Å². The summed E-state index contributed by atoms with van der Waals surface area (Å²) in [5, 5.41) is 6.20. The number of benzene rings is 1. The molecule has 3 rings (SSSR count). The number of nitrogens with zero attached hydrogens (tertiary/aromatic N) is 1. The Hall–Kier alpha value is -1.57. The van der Waals surface area contributed by atoms with Crippen LogP contribution in [0.4, 0.5) is 4.79 Å². The minimum atomic E-state index is -0.465. The summed E-state index contributed by atoms with van der Waals surface area (Å²) >= 11 is 0. The Morgan fingerprint density at radius 2 is 2.00 bits per heavy atom. The standard InChI is InChI=1S/C20H31N3O3S/c1-20(2,3)26-19(24)22-15-8-10-23(11-9-15)27(4)18-7-5-6-16(12-18)25-17-13-21-14-17/h5-7,12,15,17,21H,4,8-11,13-14H2,1-3H3,(H,22,24). The fourth-order valence-electron chi connectivity index (χ4n) is 3.08. The van der Waals surface area contributed by atoms with Gasteiger partial charge in [-0.1, -0.05) is 22.6 Å². The van der Waals surface area contributed by atoms with Crippen LogP contribution in [-0.2, 0) is 4.74 Å². The average molecular weight is 394 g/mol. The highest BCUT2D eigenvalue weighted by Gasteiger charge is 2.25. The lowest BCUT2D eigenvalue weighted by Crippen LogP contribution is -2.50. The van der Waals surface area contributed by atoms with Crippen LogP contribution in [0.3, 0.4) is 0 Å². The first-order valence-corrected chi connectivity index (χ1v) is 10.9. The zero-order valence-corrected chi connectivity index (χ0v) is 17.3. The first kappa shape index (κ1) is 20.2. The lowest BCUT2D eigenvalue weighted by Gasteiger charge is -2.34. The molecule has 2 heterocycles. The van der Waals surface area contributed by atoms with Gasteiger partial charge >= 0.3 is 6.09 Å². The Balaban J connectivity index is 1.49. The molecule has 6 nitrogen and oxygen atoms in total. The highest BCUT2D eigenvalue weighted by atomic mass is 32.2. The molecular formula is C20H31N3O3S. The predicted molar refractivity (Wildman–Crippen MR) is 111 cm³/mol. The van der Waals surface area contributed by atoms with Crippen molar-refractivity contribution < 1.29 is 14.3 Å². The number of piperidine rings is 1. The van der Waals surface area contributed by atoms with Gasteiger partial charge in [-0.3, -0.25) is 4.31 Å². The van der Waals surface area contributed by atoms with E-state index in [-0.39, 0.29) is 28.9 Å². The number of hydrogen-bond acceptors (Lipinski definition) is 5. The fraction of sp³-hybridized carbons (Fsp3) is 0.600. The molecule has 27 heavy (non-hydrogen) atoms. The molecular weight excluding hydrogens is 362 g/mol. The van der Waals surface area contributed by atoms with Crippen molar-refractivity contribution in [1.29, 1.82) is 0 Å². The highest BCUT2D eigenvalue weighted by molar-refractivity contribution is 8.12. The average Bonchev–Trinajstić information content (AvgIpc) is 2.57. The van der Waals surface area contributed by atoms with Crippen molar-refractivity contribution in [3.63, 3.8) is 0 Å². The van der Waals surface area contributed by atoms with Gasteiger partial charge in [0.25, 0.3) is 0 Å². The monoisotopic (exact) mass is 393 g/mol. The van der Waals surface area contributed by atoms with Crippen LogP contribution in [0.5, 0.6) is 5.75 Å². The Bertz CT molecular complexity index is 677. The summed E-state index contributed by atoms with van der Waals surface area (Å²) in [6, 6.07) is 8.44. The predicted octanol–water partition coefficient (Wildman–Crippen LogP) is 3.00. The number of amides is 1. The summed E-state index contributed by atoms with van der Waals surface area (Å²) < 4.78 is 13.7. The van der Waals surface area contributed by atoms with E-state index in [4.69, 9.17) is 9.47 Å². The minimum absolute atomic E-state index is 0.161. The highest BCUT2D eigenvalue weighted by Crippen LogP contribution is 2.34. The van der Waals surface area contributed by atoms with E-state index < -0.39 is 5.60 Å². The van der Waals surface area contributed by atoms with Crippen molar-refractivity contribution in [2.45, 2.75) is 56.3 Å². The summed E-state index contributed by atoms with van der Waals surface area (Å²) in [5.74, 6) is 5.31. The van der Waals surface area contributed by atoms with Crippen molar-refractivity contribution in [2.75, 3.05) is 26.2 Å². The van der Waals surface area contributed by atoms with E-state index in [0.29, 0.717) is 0 Å². The van der Waals surface area contributed by atoms with Gasteiger partial charge in [0.1, 0.15) is 17.5 Å². The third-order valence-electron chi connectivity index (χ3n) is 4.61. The van der Waals surface area contributed by atoms with E-state index in [1.807, 2.05) is 32.9 Å². The molecule has 1 unspecified atom stereocenters. The van der Waals surface area contributed by atoms with Gasteiger partial charge in [-0.2, -0.15) is 0 Å². The second-order valence-corrected chi connectivity index (χ2v) is 9.80. The van der Waals surface area contributed by atoms with Gasteiger partial charge < -0.3 is 20.1 Å². The quantitative estimate of drug-likeness (QED) is 0.753. The Labute approximate surface area is 164 Å². The van der Waals surface area contributed by atoms with E-state index in [1.54, 1.807) is 0 Å². The molecule has 0 saturated carbocycles. The topological polar surface area (TPSA) is 62.8 Å². The maximum absolute atomic E-state index is 11.9. The molecule has 1 atom stereocenters. The zero-order chi connectivity index (χ0) is 19.4. The van der Waals surface area contributed by atoms with E-state index in [0.717, 1.165) is 44.8 Å². The number of nitrogens with one attached hydrogen (secondary N) is 2. The van der Waals surface area contributed by atoms with Crippen LogP contribution in [0.15, 0.2) is 29.2 Å². The van der Waals surface area contributed by atoms with E-state index in [1.165, 1.54) is 4.90 Å². The molecule has 0 aliphatic carbocycles. The summed E-state index contributed by atoms with van der Waals surface area (Å²) in [5.41, 5.74) is -0.465. The van der Waals surface area contributed by atoms with Gasteiger partial charge in [-0.15, -0.1) is 0 Å². The molecule has 1 amide bonds. The van der Waals surface area contributed by atoms with Crippen LogP contribution in [0.1, 0.15) is 33.6 Å². The molecule has 2 N–H and O–H groups in total. The molecule has 1 aromatic rings. The SMILES string of the molecule is C=S(c1cccc(OC2CNC2)c1)N1CCC(NC(=O)OC(C)(C)C)CC1. The smallest absolute Gasteiger partial charge is 0.407 e. The lowest BCUT2D eigenvalue weighted by atomic mass is 10.1. The van der Waals surface area contributed by atoms with Crippen LogP contribution in [0, 0.1) is 0 Å². The fourth-order valence-corrected chi connectivity index (χ4v) is 4.51. The van der Waals surface area contributed by atoms with Crippen LogP contribution < -0.4 is 15.4 Å². The Morgan fingerprint density at radius 1 is 1.30 bits per heavy atom. The molecule has 0 radical (unpaired) electrons. The van der Waals surface area contributed by atoms with Gasteiger partial charge in [0, 0.05) is 37.1 Å². The molecule has 150 valence electrons. The molecule has 1 aromatic carbocycles. The molecule has 0 spiro atoms. The van der Waals surface area contributed by atoms with Gasteiger partial charge in [-0.05, 0) is 51.8 Å². The molecule has 0 bridgehead atoms. The molecule has 2 fully saturated rings. The third-order valence-corrected chi connectivity index (χ3v) is 6.40. The van der Waals surface area contributed by atoms with Crippen molar-refractivity contribution >= 4 is 22.6 Å². The number of alkyl carbamates (subject to hydrolysis) is 1. The van der Waals surface area contributed by atoms with Crippen molar-refractivity contribution in [3.05, 3.63) is 24.3 Å². The molecule has 7 heteroatoms. The number of carbonyl (C=O) groups excluding carboxylic acids is 1.